The fraction of sp³-hybridized carbons (Fsp3) is 0.412. The first kappa shape index (κ1) is 47.7. The number of allylic oxidation sites excluding steroid dienone is 4. The van der Waals surface area contributed by atoms with Gasteiger partial charge in [0.1, 0.15) is 0 Å². The molecule has 5 aromatic carbocycles. The van der Waals surface area contributed by atoms with Crippen LogP contribution in [0.4, 0.5) is 0 Å². The standard InChI is InChI=1S/C21H25.C17H29.C13H10.2ClH.Zr/c1-20(2,3)16-7-9-18-14(12-16)11-15-13-17(21(4,5)6)8-10-19(15)18;1-10(2)14-9-15(11(3)4)17(13(7)8)16(14)12(5)6;1-3-7-12(8-4-1)11-13-9-5-2-6-10-13;;;/h7-13H,1-6H3;10-14H,1-8H3;1-10H;2*1H;/q2*-1;;;;+2/p-2. The molecule has 0 heterocycles. The Kier molecular flexibility index (Phi) is 17.8. The number of rotatable bonds is 6. The Hall–Kier alpha value is -2.44. The molecule has 288 valence electrons. The molecule has 0 nitrogen and oxygen atoms in total. The zero-order valence-electron chi connectivity index (χ0n) is 35.5. The number of fused-ring (bicyclic) bond motifs is 3. The van der Waals surface area contributed by atoms with Crippen LogP contribution in [0.5, 0.6) is 0 Å². The fourth-order valence-corrected chi connectivity index (χ4v) is 8.12. The van der Waals surface area contributed by atoms with Crippen molar-refractivity contribution in [3.63, 3.8) is 0 Å². The topological polar surface area (TPSA) is 0 Å². The minimum atomic E-state index is 0. The van der Waals surface area contributed by atoms with Crippen LogP contribution in [0.2, 0.25) is 0 Å². The van der Waals surface area contributed by atoms with Gasteiger partial charge in [0, 0.05) is 0 Å². The molecule has 1 aliphatic rings. The molecule has 0 aromatic heterocycles. The van der Waals surface area contributed by atoms with E-state index in [9.17, 15) is 0 Å². The van der Waals surface area contributed by atoms with Crippen molar-refractivity contribution < 1.29 is 49.0 Å². The molecule has 6 rings (SSSR count). The van der Waals surface area contributed by atoms with Crippen molar-refractivity contribution in [2.45, 2.75) is 108 Å². The number of benzene rings is 4. The Morgan fingerprint density at radius 2 is 0.981 bits per heavy atom. The number of hydrogen-bond donors (Lipinski definition) is 0. The van der Waals surface area contributed by atoms with Gasteiger partial charge >= 0.3 is 99.2 Å². The summed E-state index contributed by atoms with van der Waals surface area (Å²) in [6.45, 7) is 32.2. The third-order valence-corrected chi connectivity index (χ3v) is 11.7. The van der Waals surface area contributed by atoms with E-state index in [1.54, 1.807) is 11.1 Å². The van der Waals surface area contributed by atoms with Crippen LogP contribution in [0.15, 0.2) is 120 Å². The van der Waals surface area contributed by atoms with Crippen molar-refractivity contribution >= 4 is 24.8 Å². The summed E-state index contributed by atoms with van der Waals surface area (Å²) in [5.74, 6) is 3.08. The van der Waals surface area contributed by atoms with Crippen LogP contribution in [-0.2, 0) is 35.1 Å². The summed E-state index contributed by atoms with van der Waals surface area (Å²) in [5, 5.41) is 5.48. The summed E-state index contributed by atoms with van der Waals surface area (Å²) in [4.78, 5) is 0. The molecule has 0 fully saturated rings. The van der Waals surface area contributed by atoms with Crippen LogP contribution in [-0.4, -0.2) is 3.21 Å². The van der Waals surface area contributed by atoms with Gasteiger partial charge < -0.3 is 24.8 Å². The van der Waals surface area contributed by atoms with Gasteiger partial charge in [-0.1, -0.05) is 156 Å². The minimum absolute atomic E-state index is 0. The van der Waals surface area contributed by atoms with E-state index in [4.69, 9.17) is 0 Å². The van der Waals surface area contributed by atoms with Gasteiger partial charge in [0.25, 0.3) is 0 Å². The van der Waals surface area contributed by atoms with Gasteiger partial charge in [0.2, 0.25) is 0 Å². The molecule has 5 aromatic rings. The average molecular weight is 839 g/mol. The molecule has 0 spiro atoms. The second kappa shape index (κ2) is 20.1. The van der Waals surface area contributed by atoms with E-state index in [-0.39, 0.29) is 35.6 Å². The van der Waals surface area contributed by atoms with Gasteiger partial charge in [-0.05, 0) is 16.7 Å². The predicted octanol–water partition coefficient (Wildman–Crippen LogP) is 8.38. The molecule has 1 aliphatic carbocycles. The monoisotopic (exact) mass is 836 g/mol. The van der Waals surface area contributed by atoms with Crippen LogP contribution in [0.1, 0.15) is 119 Å². The van der Waals surface area contributed by atoms with E-state index in [1.807, 2.05) is 0 Å². The molecule has 1 atom stereocenters. The number of halogens is 2. The van der Waals surface area contributed by atoms with Crippen molar-refractivity contribution in [3.8, 4) is 0 Å². The molecule has 0 saturated carbocycles. The maximum absolute atomic E-state index is 3.80. The van der Waals surface area contributed by atoms with Crippen molar-refractivity contribution in [1.82, 2.24) is 0 Å². The molecule has 1 unspecified atom stereocenters. The van der Waals surface area contributed by atoms with Gasteiger partial charge in [0.15, 0.2) is 0 Å². The molecule has 3 heteroatoms. The van der Waals surface area contributed by atoms with Crippen LogP contribution in [0.25, 0.3) is 21.5 Å². The molecular weight excluding hydrogens is 775 g/mol. The number of hydrogen-bond acceptors (Lipinski definition) is 0. The van der Waals surface area contributed by atoms with Crippen molar-refractivity contribution in [2.24, 2.45) is 29.6 Å². The third kappa shape index (κ3) is 11.8. The summed E-state index contributed by atoms with van der Waals surface area (Å²) < 4.78 is 1.42. The van der Waals surface area contributed by atoms with Gasteiger partial charge in [-0.25, -0.2) is 5.57 Å². The summed E-state index contributed by atoms with van der Waals surface area (Å²) in [6.07, 6.45) is 3.80. The fourth-order valence-electron chi connectivity index (χ4n) is 7.30. The quantitative estimate of drug-likeness (QED) is 0.151. The van der Waals surface area contributed by atoms with E-state index in [2.05, 4.69) is 206 Å². The van der Waals surface area contributed by atoms with Crippen LogP contribution >= 0.6 is 0 Å². The molecule has 0 aliphatic heterocycles. The van der Waals surface area contributed by atoms with E-state index < -0.39 is 0 Å². The van der Waals surface area contributed by atoms with Gasteiger partial charge in [-0.3, -0.25) is 6.08 Å². The first-order valence-corrected chi connectivity index (χ1v) is 20.7. The Balaban J connectivity index is 0.000000281. The SMILES string of the molecule is CC(C)(C)c1ccc2c(c1)[cH-]c1cc(C(C)(C)C)ccc12.CC(C)C1=[C-]C(C(C)C)C(C(C)C)=C1C(C)C.[Cl-].[Cl-].[Zr+2]=[C](c1ccccc1)c1ccccc1. The molecule has 54 heavy (non-hydrogen) atoms. The van der Waals surface area contributed by atoms with Gasteiger partial charge in [-0.15, -0.1) is 39.7 Å². The Bertz CT molecular complexity index is 1900. The molecular formula is C51H64Cl2Zr-2. The van der Waals surface area contributed by atoms with Crippen molar-refractivity contribution in [3.05, 3.63) is 148 Å². The summed E-state index contributed by atoms with van der Waals surface area (Å²) in [5.41, 5.74) is 10.6. The van der Waals surface area contributed by atoms with E-state index in [0.29, 0.717) is 29.6 Å². The van der Waals surface area contributed by atoms with E-state index in [0.717, 1.165) is 0 Å². The van der Waals surface area contributed by atoms with Gasteiger partial charge in [0.05, 0.1) is 0 Å². The molecule has 0 N–H and O–H groups in total. The Labute approximate surface area is 356 Å². The Morgan fingerprint density at radius 3 is 1.30 bits per heavy atom. The zero-order chi connectivity index (χ0) is 38.5. The second-order valence-electron chi connectivity index (χ2n) is 18.0. The zero-order valence-corrected chi connectivity index (χ0v) is 39.4. The molecule has 0 bridgehead atoms. The predicted molar refractivity (Wildman–Crippen MR) is 227 cm³/mol. The summed E-state index contributed by atoms with van der Waals surface area (Å²) in [7, 11) is 0. The third-order valence-electron chi connectivity index (χ3n) is 10.3. The first-order valence-electron chi connectivity index (χ1n) is 19.5. The normalized spacial score (nSPS) is 14.4. The first-order chi connectivity index (χ1) is 24.3. The maximum atomic E-state index is 3.80. The Morgan fingerprint density at radius 1 is 0.574 bits per heavy atom. The second-order valence-corrected chi connectivity index (χ2v) is 19.2. The van der Waals surface area contributed by atoms with Gasteiger partial charge in [-0.2, -0.15) is 11.1 Å². The van der Waals surface area contributed by atoms with Crippen LogP contribution in [0, 0.1) is 35.7 Å². The van der Waals surface area contributed by atoms with Crippen LogP contribution < -0.4 is 24.8 Å². The summed E-state index contributed by atoms with van der Waals surface area (Å²) in [6, 6.07) is 37.3. The van der Waals surface area contributed by atoms with Crippen molar-refractivity contribution in [1.29, 1.82) is 0 Å². The van der Waals surface area contributed by atoms with Crippen molar-refractivity contribution in [2.75, 3.05) is 0 Å². The molecule has 0 amide bonds. The average Bonchev–Trinajstić information content (AvgIpc) is 3.68. The molecule has 0 saturated heterocycles. The van der Waals surface area contributed by atoms with E-state index >= 15 is 0 Å². The van der Waals surface area contributed by atoms with E-state index in [1.165, 1.54) is 76.8 Å². The summed E-state index contributed by atoms with van der Waals surface area (Å²) >= 11 is 1.46. The van der Waals surface area contributed by atoms with Crippen LogP contribution in [0.3, 0.4) is 0 Å². The molecule has 0 radical (unpaired) electrons.